The third-order valence-corrected chi connectivity index (χ3v) is 2.82. The maximum Gasteiger partial charge on any atom is 0.340 e. The SMILES string of the molecule is COCCOCCOCCOCCOC(=O)c1ccccc1N. The van der Waals surface area contributed by atoms with Crippen LogP contribution in [0.25, 0.3) is 0 Å². The minimum Gasteiger partial charge on any atom is -0.460 e. The molecule has 0 unspecified atom stereocenters. The van der Waals surface area contributed by atoms with Gasteiger partial charge in [0.1, 0.15) is 6.61 Å². The molecule has 0 atom stereocenters. The Balaban J connectivity index is 1.92. The van der Waals surface area contributed by atoms with Crippen molar-refractivity contribution in [3.8, 4) is 0 Å². The summed E-state index contributed by atoms with van der Waals surface area (Å²) in [6.45, 7) is 3.56. The minimum atomic E-state index is -0.448. The first kappa shape index (κ1) is 19.4. The number of methoxy groups -OCH3 is 1. The van der Waals surface area contributed by atoms with Crippen LogP contribution < -0.4 is 5.73 Å². The summed E-state index contributed by atoms with van der Waals surface area (Å²) in [5.74, 6) is -0.448. The molecule has 0 aliphatic heterocycles. The zero-order chi connectivity index (χ0) is 16.8. The van der Waals surface area contributed by atoms with Crippen LogP contribution in [0.4, 0.5) is 5.69 Å². The van der Waals surface area contributed by atoms with E-state index in [0.29, 0.717) is 57.5 Å². The van der Waals surface area contributed by atoms with E-state index in [1.54, 1.807) is 31.4 Å². The van der Waals surface area contributed by atoms with Gasteiger partial charge in [0.05, 0.1) is 51.8 Å². The summed E-state index contributed by atoms with van der Waals surface area (Å²) in [4.78, 5) is 11.7. The Morgan fingerprint density at radius 1 is 0.870 bits per heavy atom. The van der Waals surface area contributed by atoms with E-state index < -0.39 is 5.97 Å². The van der Waals surface area contributed by atoms with Gasteiger partial charge in [0, 0.05) is 12.8 Å². The van der Waals surface area contributed by atoms with Crippen LogP contribution in [0.3, 0.4) is 0 Å². The molecule has 0 heterocycles. The number of hydrogen-bond donors (Lipinski definition) is 1. The summed E-state index contributed by atoms with van der Waals surface area (Å²) in [5.41, 5.74) is 6.46. The van der Waals surface area contributed by atoms with Gasteiger partial charge in [-0.05, 0) is 12.1 Å². The molecule has 1 rings (SSSR count). The summed E-state index contributed by atoms with van der Waals surface area (Å²) < 4.78 is 25.8. The Hall–Kier alpha value is -1.67. The number of carbonyl (C=O) groups excluding carboxylic acids is 1. The molecule has 7 heteroatoms. The van der Waals surface area contributed by atoms with Gasteiger partial charge in [-0.25, -0.2) is 4.79 Å². The predicted octanol–water partition coefficient (Wildman–Crippen LogP) is 1.12. The van der Waals surface area contributed by atoms with Gasteiger partial charge in [-0.1, -0.05) is 12.1 Å². The largest absolute Gasteiger partial charge is 0.460 e. The summed E-state index contributed by atoms with van der Waals surface area (Å²) in [6.07, 6.45) is 0. The van der Waals surface area contributed by atoms with Crippen molar-refractivity contribution in [2.75, 3.05) is 65.7 Å². The van der Waals surface area contributed by atoms with Crippen LogP contribution in [-0.4, -0.2) is 65.9 Å². The van der Waals surface area contributed by atoms with Gasteiger partial charge >= 0.3 is 5.97 Å². The average molecular weight is 327 g/mol. The highest BCUT2D eigenvalue weighted by Gasteiger charge is 2.09. The Morgan fingerprint density at radius 3 is 1.96 bits per heavy atom. The zero-order valence-electron chi connectivity index (χ0n) is 13.5. The van der Waals surface area contributed by atoms with Crippen LogP contribution in [-0.2, 0) is 23.7 Å². The lowest BCUT2D eigenvalue weighted by Crippen LogP contribution is -2.15. The molecule has 0 fully saturated rings. The molecule has 0 aliphatic rings. The first-order valence-electron chi connectivity index (χ1n) is 7.49. The van der Waals surface area contributed by atoms with E-state index in [1.807, 2.05) is 0 Å². The molecular formula is C16H25NO6. The van der Waals surface area contributed by atoms with Crippen LogP contribution in [0.15, 0.2) is 24.3 Å². The van der Waals surface area contributed by atoms with Gasteiger partial charge in [-0.3, -0.25) is 0 Å². The zero-order valence-corrected chi connectivity index (χ0v) is 13.5. The van der Waals surface area contributed by atoms with Gasteiger partial charge in [-0.2, -0.15) is 0 Å². The number of anilines is 1. The maximum absolute atomic E-state index is 11.7. The van der Waals surface area contributed by atoms with Crippen LogP contribution in [0, 0.1) is 0 Å². The van der Waals surface area contributed by atoms with E-state index in [2.05, 4.69) is 0 Å². The molecular weight excluding hydrogens is 302 g/mol. The minimum absolute atomic E-state index is 0.174. The molecule has 23 heavy (non-hydrogen) atoms. The first-order valence-corrected chi connectivity index (χ1v) is 7.49. The van der Waals surface area contributed by atoms with Crippen molar-refractivity contribution in [3.05, 3.63) is 29.8 Å². The summed E-state index contributed by atoms with van der Waals surface area (Å²) in [6, 6.07) is 6.78. The number of rotatable bonds is 13. The molecule has 0 saturated heterocycles. The lowest BCUT2D eigenvalue weighted by molar-refractivity contribution is -0.00549. The van der Waals surface area contributed by atoms with Gasteiger partial charge in [0.15, 0.2) is 0 Å². The van der Waals surface area contributed by atoms with Gasteiger partial charge < -0.3 is 29.4 Å². The predicted molar refractivity (Wildman–Crippen MR) is 85.5 cm³/mol. The Bertz CT molecular complexity index is 440. The number of nitrogens with two attached hydrogens (primary N) is 1. The molecule has 0 aromatic heterocycles. The summed E-state index contributed by atoms with van der Waals surface area (Å²) >= 11 is 0. The molecule has 1 aromatic rings. The van der Waals surface area contributed by atoms with Crippen molar-refractivity contribution in [2.45, 2.75) is 0 Å². The lowest BCUT2D eigenvalue weighted by Gasteiger charge is -2.08. The van der Waals surface area contributed by atoms with Gasteiger partial charge in [0.25, 0.3) is 0 Å². The Kier molecular flexibility index (Phi) is 10.8. The second-order valence-electron chi connectivity index (χ2n) is 4.55. The van der Waals surface area contributed by atoms with Gasteiger partial charge in [0.2, 0.25) is 0 Å². The maximum atomic E-state index is 11.7. The van der Waals surface area contributed by atoms with Crippen molar-refractivity contribution in [1.29, 1.82) is 0 Å². The van der Waals surface area contributed by atoms with Crippen molar-refractivity contribution >= 4 is 11.7 Å². The highest BCUT2D eigenvalue weighted by molar-refractivity contribution is 5.94. The number of nitrogen functional groups attached to an aromatic ring is 1. The van der Waals surface area contributed by atoms with Crippen LogP contribution >= 0.6 is 0 Å². The highest BCUT2D eigenvalue weighted by Crippen LogP contribution is 2.11. The normalized spacial score (nSPS) is 10.7. The van der Waals surface area contributed by atoms with E-state index in [0.717, 1.165) is 0 Å². The molecule has 0 amide bonds. The quantitative estimate of drug-likeness (QED) is 0.330. The van der Waals surface area contributed by atoms with Crippen molar-refractivity contribution < 1.29 is 28.5 Å². The molecule has 2 N–H and O–H groups in total. The molecule has 0 aliphatic carbocycles. The molecule has 0 spiro atoms. The topological polar surface area (TPSA) is 89.2 Å². The molecule has 7 nitrogen and oxygen atoms in total. The third-order valence-electron chi connectivity index (χ3n) is 2.82. The standard InChI is InChI=1S/C16H25NO6/c1-19-6-7-20-8-9-21-10-11-22-12-13-23-16(18)14-4-2-3-5-15(14)17/h2-5H,6-13,17H2,1H3. The van der Waals surface area contributed by atoms with E-state index >= 15 is 0 Å². The summed E-state index contributed by atoms with van der Waals surface area (Å²) in [7, 11) is 1.63. The lowest BCUT2D eigenvalue weighted by atomic mass is 10.2. The number of para-hydroxylation sites is 1. The second-order valence-corrected chi connectivity index (χ2v) is 4.55. The number of hydrogen-bond acceptors (Lipinski definition) is 7. The fourth-order valence-corrected chi connectivity index (χ4v) is 1.64. The monoisotopic (exact) mass is 327 g/mol. The fraction of sp³-hybridized carbons (Fsp3) is 0.562. The van der Waals surface area contributed by atoms with E-state index in [-0.39, 0.29) is 6.61 Å². The number of ether oxygens (including phenoxy) is 5. The Labute approximate surface area is 136 Å². The molecule has 0 radical (unpaired) electrons. The third kappa shape index (κ3) is 9.14. The van der Waals surface area contributed by atoms with Crippen LogP contribution in [0.5, 0.6) is 0 Å². The summed E-state index contributed by atoms with van der Waals surface area (Å²) in [5, 5.41) is 0. The van der Waals surface area contributed by atoms with Crippen LogP contribution in [0.2, 0.25) is 0 Å². The smallest absolute Gasteiger partial charge is 0.340 e. The van der Waals surface area contributed by atoms with E-state index in [4.69, 9.17) is 29.4 Å². The number of benzene rings is 1. The molecule has 0 saturated carbocycles. The first-order chi connectivity index (χ1) is 11.3. The number of carbonyl (C=O) groups is 1. The van der Waals surface area contributed by atoms with Crippen molar-refractivity contribution in [2.24, 2.45) is 0 Å². The second kappa shape index (κ2) is 12.8. The van der Waals surface area contributed by atoms with Gasteiger partial charge in [-0.15, -0.1) is 0 Å². The van der Waals surface area contributed by atoms with E-state index in [9.17, 15) is 4.79 Å². The number of esters is 1. The molecule has 1 aromatic carbocycles. The highest BCUT2D eigenvalue weighted by atomic mass is 16.6. The van der Waals surface area contributed by atoms with Crippen molar-refractivity contribution in [3.63, 3.8) is 0 Å². The molecule has 0 bridgehead atoms. The van der Waals surface area contributed by atoms with E-state index in [1.165, 1.54) is 0 Å². The fourth-order valence-electron chi connectivity index (χ4n) is 1.64. The average Bonchev–Trinajstić information content (AvgIpc) is 2.56. The van der Waals surface area contributed by atoms with Crippen LogP contribution in [0.1, 0.15) is 10.4 Å². The molecule has 130 valence electrons. The van der Waals surface area contributed by atoms with Crippen molar-refractivity contribution in [1.82, 2.24) is 0 Å². The Morgan fingerprint density at radius 2 is 1.39 bits per heavy atom.